The lowest BCUT2D eigenvalue weighted by Crippen LogP contribution is -2.15. The van der Waals surface area contributed by atoms with Gasteiger partial charge in [-0.3, -0.25) is 0 Å². The van der Waals surface area contributed by atoms with E-state index in [1.807, 2.05) is 62.4 Å². The van der Waals surface area contributed by atoms with Crippen molar-refractivity contribution in [3.05, 3.63) is 179 Å². The zero-order valence-electron chi connectivity index (χ0n) is 24.8. The van der Waals surface area contributed by atoms with Gasteiger partial charge in [0, 0.05) is 22.3 Å². The van der Waals surface area contributed by atoms with Crippen molar-refractivity contribution in [2.75, 3.05) is 0 Å². The van der Waals surface area contributed by atoms with Gasteiger partial charge in [-0.1, -0.05) is 108 Å². The molecule has 0 heterocycles. The molecule has 6 aromatic rings. The fourth-order valence-electron chi connectivity index (χ4n) is 5.17. The number of halogens is 4. The molecule has 224 valence electrons. The minimum absolute atomic E-state index is 0.117. The lowest BCUT2D eigenvalue weighted by Gasteiger charge is -2.19. The summed E-state index contributed by atoms with van der Waals surface area (Å²) in [6.45, 7) is 3.99. The Kier molecular flexibility index (Phi) is 8.03. The van der Waals surface area contributed by atoms with Gasteiger partial charge in [0.05, 0.1) is 0 Å². The molecule has 0 atom stereocenters. The van der Waals surface area contributed by atoms with Crippen LogP contribution in [0.5, 0.6) is 11.5 Å². The molecule has 0 aliphatic carbocycles. The standard InChI is InChI=1S/C40H30F4O/c1-27-3-7-29(8-4-27)31-11-15-33(16-12-31)39(41,42)35-19-23-37(24-20-35)45-38-25-21-36(22-26-38)40(43,44)34-17-13-32(14-18-34)30-9-5-28(2)6-10-30/h3-26H,1-2H3. The van der Waals surface area contributed by atoms with Crippen LogP contribution in [0.25, 0.3) is 22.3 Å². The first kappa shape index (κ1) is 29.9. The van der Waals surface area contributed by atoms with E-state index in [1.54, 1.807) is 24.3 Å². The Bertz CT molecular complexity index is 1730. The summed E-state index contributed by atoms with van der Waals surface area (Å²) in [4.78, 5) is 0. The predicted octanol–water partition coefficient (Wildman–Crippen LogP) is 11.7. The van der Waals surface area contributed by atoms with Crippen molar-refractivity contribution in [2.45, 2.75) is 25.7 Å². The van der Waals surface area contributed by atoms with Gasteiger partial charge in [0.15, 0.2) is 0 Å². The lowest BCUT2D eigenvalue weighted by molar-refractivity contribution is 0.0423. The van der Waals surface area contributed by atoms with E-state index in [0.29, 0.717) is 11.5 Å². The smallest absolute Gasteiger partial charge is 0.298 e. The molecule has 0 radical (unpaired) electrons. The summed E-state index contributed by atoms with van der Waals surface area (Å²) in [5, 5.41) is 0. The van der Waals surface area contributed by atoms with Gasteiger partial charge in [-0.05, 0) is 84.6 Å². The van der Waals surface area contributed by atoms with Crippen LogP contribution in [0.4, 0.5) is 17.6 Å². The largest absolute Gasteiger partial charge is 0.457 e. The van der Waals surface area contributed by atoms with Crippen LogP contribution in [0.1, 0.15) is 33.4 Å². The quantitative estimate of drug-likeness (QED) is 0.158. The first-order chi connectivity index (χ1) is 21.6. The molecule has 6 rings (SSSR count). The Labute approximate surface area is 260 Å². The fraction of sp³-hybridized carbons (Fsp3) is 0.100. The first-order valence-electron chi connectivity index (χ1n) is 14.6. The molecular formula is C40H30F4O. The second-order valence-electron chi connectivity index (χ2n) is 11.2. The molecule has 0 amide bonds. The predicted molar refractivity (Wildman–Crippen MR) is 172 cm³/mol. The molecule has 0 saturated heterocycles. The number of alkyl halides is 4. The molecule has 0 N–H and O–H groups in total. The second-order valence-corrected chi connectivity index (χ2v) is 11.2. The van der Waals surface area contributed by atoms with Gasteiger partial charge in [-0.2, -0.15) is 17.6 Å². The number of ether oxygens (including phenoxy) is 1. The van der Waals surface area contributed by atoms with E-state index in [0.717, 1.165) is 33.4 Å². The Morgan fingerprint density at radius 3 is 0.822 bits per heavy atom. The van der Waals surface area contributed by atoms with Crippen molar-refractivity contribution >= 4 is 0 Å². The van der Waals surface area contributed by atoms with Crippen LogP contribution in [-0.4, -0.2) is 0 Å². The second kappa shape index (κ2) is 12.1. The van der Waals surface area contributed by atoms with Crippen molar-refractivity contribution in [3.63, 3.8) is 0 Å². The molecule has 0 aliphatic heterocycles. The Morgan fingerprint density at radius 2 is 0.556 bits per heavy atom. The molecule has 1 nitrogen and oxygen atoms in total. The lowest BCUT2D eigenvalue weighted by atomic mass is 9.97. The first-order valence-corrected chi connectivity index (χ1v) is 14.6. The molecule has 0 aromatic heterocycles. The zero-order valence-corrected chi connectivity index (χ0v) is 24.8. The number of benzene rings is 6. The third-order valence-electron chi connectivity index (χ3n) is 7.93. The SMILES string of the molecule is Cc1ccc(-c2ccc(C(F)(F)c3ccc(Oc4ccc(C(F)(F)c5ccc(-c6ccc(C)cc6)cc5)cc4)cc3)cc2)cc1. The molecule has 0 saturated carbocycles. The highest BCUT2D eigenvalue weighted by Crippen LogP contribution is 2.39. The van der Waals surface area contributed by atoms with E-state index in [4.69, 9.17) is 4.74 Å². The van der Waals surface area contributed by atoms with Crippen LogP contribution in [-0.2, 0) is 11.8 Å². The van der Waals surface area contributed by atoms with Gasteiger partial charge >= 0.3 is 0 Å². The van der Waals surface area contributed by atoms with E-state index in [1.165, 1.54) is 72.8 Å². The van der Waals surface area contributed by atoms with Crippen LogP contribution in [0.2, 0.25) is 0 Å². The fourth-order valence-corrected chi connectivity index (χ4v) is 5.17. The summed E-state index contributed by atoms with van der Waals surface area (Å²) in [6, 6.07) is 39.4. The normalized spacial score (nSPS) is 11.8. The molecule has 0 aliphatic rings. The summed E-state index contributed by atoms with van der Waals surface area (Å²) in [6.07, 6.45) is 0. The maximum atomic E-state index is 15.3. The van der Waals surface area contributed by atoms with Crippen molar-refractivity contribution in [2.24, 2.45) is 0 Å². The summed E-state index contributed by atoms with van der Waals surface area (Å²) in [7, 11) is 0. The van der Waals surface area contributed by atoms with Gasteiger partial charge < -0.3 is 4.74 Å². The average molecular weight is 603 g/mol. The van der Waals surface area contributed by atoms with Crippen molar-refractivity contribution in [1.82, 2.24) is 0 Å². The number of hydrogen-bond donors (Lipinski definition) is 0. The van der Waals surface area contributed by atoms with Crippen LogP contribution < -0.4 is 4.74 Å². The molecule has 5 heteroatoms. The summed E-state index contributed by atoms with van der Waals surface area (Å²) in [5.74, 6) is -5.79. The molecule has 6 aromatic carbocycles. The van der Waals surface area contributed by atoms with E-state index in [9.17, 15) is 0 Å². The Morgan fingerprint density at radius 1 is 0.333 bits per heavy atom. The van der Waals surface area contributed by atoms with Crippen molar-refractivity contribution in [3.8, 4) is 33.8 Å². The van der Waals surface area contributed by atoms with Crippen LogP contribution in [0, 0.1) is 13.8 Å². The highest BCUT2D eigenvalue weighted by atomic mass is 19.3. The summed E-state index contributed by atoms with van der Waals surface area (Å²) < 4.78 is 67.1. The highest BCUT2D eigenvalue weighted by molar-refractivity contribution is 5.65. The van der Waals surface area contributed by atoms with Crippen LogP contribution in [0.3, 0.4) is 0 Å². The van der Waals surface area contributed by atoms with E-state index >= 15 is 17.6 Å². The molecular weight excluding hydrogens is 572 g/mol. The van der Waals surface area contributed by atoms with Gasteiger partial charge in [0.1, 0.15) is 11.5 Å². The van der Waals surface area contributed by atoms with Gasteiger partial charge in [0.25, 0.3) is 11.8 Å². The summed E-state index contributed by atoms with van der Waals surface area (Å²) >= 11 is 0. The molecule has 0 spiro atoms. The minimum atomic E-state index is -3.21. The van der Waals surface area contributed by atoms with Gasteiger partial charge in [-0.15, -0.1) is 0 Å². The monoisotopic (exact) mass is 602 g/mol. The summed E-state index contributed by atoms with van der Waals surface area (Å²) in [5.41, 5.74) is 5.30. The average Bonchev–Trinajstić information content (AvgIpc) is 3.06. The number of aryl methyl sites for hydroxylation is 2. The van der Waals surface area contributed by atoms with Gasteiger partial charge in [0.2, 0.25) is 0 Å². The zero-order chi connectivity index (χ0) is 31.6. The third-order valence-corrected chi connectivity index (χ3v) is 7.93. The maximum Gasteiger partial charge on any atom is 0.298 e. The molecule has 0 fully saturated rings. The van der Waals surface area contributed by atoms with Crippen LogP contribution in [0.15, 0.2) is 146 Å². The van der Waals surface area contributed by atoms with Crippen molar-refractivity contribution in [1.29, 1.82) is 0 Å². The van der Waals surface area contributed by atoms with Crippen LogP contribution >= 0.6 is 0 Å². The van der Waals surface area contributed by atoms with E-state index < -0.39 is 11.8 Å². The highest BCUT2D eigenvalue weighted by Gasteiger charge is 2.35. The number of rotatable bonds is 8. The molecule has 0 bridgehead atoms. The van der Waals surface area contributed by atoms with Gasteiger partial charge in [-0.25, -0.2) is 0 Å². The Balaban J connectivity index is 1.12. The van der Waals surface area contributed by atoms with Crippen molar-refractivity contribution < 1.29 is 22.3 Å². The maximum absolute atomic E-state index is 15.3. The Hall–Kier alpha value is -5.16. The topological polar surface area (TPSA) is 9.23 Å². The van der Waals surface area contributed by atoms with E-state index in [-0.39, 0.29) is 22.3 Å². The number of hydrogen-bond acceptors (Lipinski definition) is 1. The molecule has 45 heavy (non-hydrogen) atoms. The molecule has 0 unspecified atom stereocenters. The minimum Gasteiger partial charge on any atom is -0.457 e. The van der Waals surface area contributed by atoms with E-state index in [2.05, 4.69) is 0 Å². The third kappa shape index (κ3) is 6.39.